The van der Waals surface area contributed by atoms with Gasteiger partial charge in [-0.3, -0.25) is 0 Å². The van der Waals surface area contributed by atoms with Gasteiger partial charge in [-0.25, -0.2) is 4.39 Å². The predicted octanol–water partition coefficient (Wildman–Crippen LogP) is 3.52. The maximum atomic E-state index is 15.0. The molecule has 1 rings (SSSR count). The first-order chi connectivity index (χ1) is 7.76. The highest BCUT2D eigenvalue weighted by Gasteiger charge is 2.43. The van der Waals surface area contributed by atoms with Crippen LogP contribution in [0.25, 0.3) is 0 Å². The Kier molecular flexibility index (Phi) is 4.05. The van der Waals surface area contributed by atoms with E-state index in [1.807, 2.05) is 20.8 Å². The van der Waals surface area contributed by atoms with E-state index in [1.165, 1.54) is 7.11 Å². The smallest absolute Gasteiger partial charge is 0.153 e. The first-order valence-corrected chi connectivity index (χ1v) is 5.87. The maximum absolute atomic E-state index is 15.0. The fraction of sp³-hybridized carbons (Fsp3) is 0.538. The highest BCUT2D eigenvalue weighted by atomic mass is 35.5. The van der Waals surface area contributed by atoms with Crippen LogP contribution in [0.15, 0.2) is 18.2 Å². The van der Waals surface area contributed by atoms with E-state index < -0.39 is 11.1 Å². The lowest BCUT2D eigenvalue weighted by molar-refractivity contribution is 0.0341. The summed E-state index contributed by atoms with van der Waals surface area (Å²) in [4.78, 5) is 0. The lowest BCUT2D eigenvalue weighted by atomic mass is 9.73. The molecule has 0 fully saturated rings. The SMILES string of the molecule is COc1cc(C(F)(CN)C(C)(C)C)ccc1Cl. The molecule has 0 saturated heterocycles. The first-order valence-electron chi connectivity index (χ1n) is 5.49. The van der Waals surface area contributed by atoms with Gasteiger partial charge in [0.2, 0.25) is 0 Å². The molecule has 96 valence electrons. The minimum Gasteiger partial charge on any atom is -0.495 e. The Morgan fingerprint density at radius 2 is 1.94 bits per heavy atom. The molecule has 2 nitrogen and oxygen atoms in total. The van der Waals surface area contributed by atoms with Crippen molar-refractivity contribution in [1.29, 1.82) is 0 Å². The summed E-state index contributed by atoms with van der Waals surface area (Å²) in [6.45, 7) is 5.38. The van der Waals surface area contributed by atoms with Gasteiger partial charge in [0.1, 0.15) is 5.75 Å². The Hall–Kier alpha value is -0.800. The number of nitrogens with two attached hydrogens (primary N) is 1. The lowest BCUT2D eigenvalue weighted by Crippen LogP contribution is -2.42. The molecule has 0 bridgehead atoms. The van der Waals surface area contributed by atoms with E-state index in [0.717, 1.165) is 0 Å². The molecule has 0 aliphatic rings. The van der Waals surface area contributed by atoms with E-state index in [1.54, 1.807) is 18.2 Å². The third kappa shape index (κ3) is 2.55. The van der Waals surface area contributed by atoms with Gasteiger partial charge >= 0.3 is 0 Å². The molecule has 0 saturated carbocycles. The lowest BCUT2D eigenvalue weighted by Gasteiger charge is -2.37. The zero-order valence-electron chi connectivity index (χ0n) is 10.7. The van der Waals surface area contributed by atoms with E-state index in [2.05, 4.69) is 0 Å². The van der Waals surface area contributed by atoms with Crippen molar-refractivity contribution in [3.63, 3.8) is 0 Å². The van der Waals surface area contributed by atoms with E-state index in [0.29, 0.717) is 16.3 Å². The number of methoxy groups -OCH3 is 1. The van der Waals surface area contributed by atoms with Crippen LogP contribution in [0.3, 0.4) is 0 Å². The van der Waals surface area contributed by atoms with Gasteiger partial charge in [-0.2, -0.15) is 0 Å². The van der Waals surface area contributed by atoms with Crippen LogP contribution in [0.2, 0.25) is 5.02 Å². The zero-order valence-corrected chi connectivity index (χ0v) is 11.4. The number of rotatable bonds is 3. The first kappa shape index (κ1) is 14.3. The molecule has 0 aliphatic carbocycles. The molecule has 0 radical (unpaired) electrons. The molecule has 17 heavy (non-hydrogen) atoms. The summed E-state index contributed by atoms with van der Waals surface area (Å²) in [7, 11) is 1.50. The summed E-state index contributed by atoms with van der Waals surface area (Å²) in [5, 5.41) is 0.463. The van der Waals surface area contributed by atoms with E-state index in [4.69, 9.17) is 22.1 Å². The van der Waals surface area contributed by atoms with Crippen molar-refractivity contribution in [3.8, 4) is 5.75 Å². The van der Waals surface area contributed by atoms with Crippen molar-refractivity contribution >= 4 is 11.6 Å². The van der Waals surface area contributed by atoms with Crippen LogP contribution < -0.4 is 10.5 Å². The Morgan fingerprint density at radius 1 is 1.35 bits per heavy atom. The van der Waals surface area contributed by atoms with Crippen LogP contribution >= 0.6 is 11.6 Å². The largest absolute Gasteiger partial charge is 0.495 e. The fourth-order valence-electron chi connectivity index (χ4n) is 1.76. The number of hydrogen-bond acceptors (Lipinski definition) is 2. The molecule has 0 spiro atoms. The average molecular weight is 260 g/mol. The second-order valence-electron chi connectivity index (χ2n) is 5.10. The third-order valence-electron chi connectivity index (χ3n) is 3.08. The van der Waals surface area contributed by atoms with Crippen molar-refractivity contribution in [1.82, 2.24) is 0 Å². The number of hydrogen-bond donors (Lipinski definition) is 1. The van der Waals surface area contributed by atoms with E-state index in [9.17, 15) is 4.39 Å². The van der Waals surface area contributed by atoms with Gasteiger partial charge in [0.05, 0.1) is 12.1 Å². The highest BCUT2D eigenvalue weighted by molar-refractivity contribution is 6.32. The normalized spacial score (nSPS) is 15.5. The van der Waals surface area contributed by atoms with Crippen molar-refractivity contribution < 1.29 is 9.13 Å². The maximum Gasteiger partial charge on any atom is 0.153 e. The van der Waals surface area contributed by atoms with Crippen molar-refractivity contribution in [3.05, 3.63) is 28.8 Å². The molecule has 1 aromatic carbocycles. The molecular formula is C13H19ClFNO. The Labute approximate surface area is 107 Å². The third-order valence-corrected chi connectivity index (χ3v) is 3.39. The van der Waals surface area contributed by atoms with Crippen LogP contribution in [0.4, 0.5) is 4.39 Å². The van der Waals surface area contributed by atoms with Crippen molar-refractivity contribution in [2.75, 3.05) is 13.7 Å². The molecule has 1 aromatic rings. The van der Waals surface area contributed by atoms with Gasteiger partial charge < -0.3 is 10.5 Å². The van der Waals surface area contributed by atoms with Crippen molar-refractivity contribution in [2.24, 2.45) is 11.1 Å². The quantitative estimate of drug-likeness (QED) is 0.902. The molecule has 2 N–H and O–H groups in total. The molecule has 4 heteroatoms. The van der Waals surface area contributed by atoms with Crippen molar-refractivity contribution in [2.45, 2.75) is 26.4 Å². The molecule has 0 aromatic heterocycles. The van der Waals surface area contributed by atoms with Crippen LogP contribution in [0, 0.1) is 5.41 Å². The molecule has 0 amide bonds. The number of benzene rings is 1. The number of halogens is 2. The van der Waals surface area contributed by atoms with E-state index in [-0.39, 0.29) is 6.54 Å². The molecule has 1 unspecified atom stereocenters. The Bertz CT molecular complexity index is 403. The standard InChI is InChI=1S/C13H19ClFNO/c1-12(2,3)13(15,8-16)9-5-6-10(14)11(7-9)17-4/h5-7H,8,16H2,1-4H3. The summed E-state index contributed by atoms with van der Waals surface area (Å²) in [5.41, 5.74) is 3.90. The van der Waals surface area contributed by atoms with Gasteiger partial charge in [0, 0.05) is 12.0 Å². The monoisotopic (exact) mass is 259 g/mol. The molecule has 0 heterocycles. The summed E-state index contributed by atoms with van der Waals surface area (Å²) in [5.74, 6) is 0.462. The highest BCUT2D eigenvalue weighted by Crippen LogP contribution is 2.43. The van der Waals surface area contributed by atoms with Crippen LogP contribution in [-0.2, 0) is 5.67 Å². The fourth-order valence-corrected chi connectivity index (χ4v) is 1.96. The molecule has 1 atom stereocenters. The summed E-state index contributed by atoms with van der Waals surface area (Å²) < 4.78 is 20.1. The topological polar surface area (TPSA) is 35.2 Å². The van der Waals surface area contributed by atoms with Gasteiger partial charge in [-0.1, -0.05) is 38.4 Å². The Balaban J connectivity index is 3.31. The average Bonchev–Trinajstić information content (AvgIpc) is 2.27. The molecular weight excluding hydrogens is 241 g/mol. The van der Waals surface area contributed by atoms with Crippen LogP contribution in [-0.4, -0.2) is 13.7 Å². The summed E-state index contributed by atoms with van der Waals surface area (Å²) in [6, 6.07) is 4.90. The molecule has 0 aliphatic heterocycles. The second kappa shape index (κ2) is 4.83. The van der Waals surface area contributed by atoms with Gasteiger partial charge in [-0.05, 0) is 17.7 Å². The van der Waals surface area contributed by atoms with E-state index >= 15 is 0 Å². The van der Waals surface area contributed by atoms with Crippen LogP contribution in [0.1, 0.15) is 26.3 Å². The van der Waals surface area contributed by atoms with Gasteiger partial charge in [0.15, 0.2) is 5.67 Å². The number of ether oxygens (including phenoxy) is 1. The minimum atomic E-state index is -1.61. The van der Waals surface area contributed by atoms with Gasteiger partial charge in [0.25, 0.3) is 0 Å². The number of alkyl halides is 1. The Morgan fingerprint density at radius 3 is 2.35 bits per heavy atom. The van der Waals surface area contributed by atoms with Gasteiger partial charge in [-0.15, -0.1) is 0 Å². The second-order valence-corrected chi connectivity index (χ2v) is 5.51. The predicted molar refractivity (Wildman–Crippen MR) is 69.3 cm³/mol. The van der Waals surface area contributed by atoms with Crippen LogP contribution in [0.5, 0.6) is 5.75 Å². The minimum absolute atomic E-state index is 0.0821. The summed E-state index contributed by atoms with van der Waals surface area (Å²) >= 11 is 5.93. The zero-order chi connectivity index (χ0) is 13.3. The summed E-state index contributed by atoms with van der Waals surface area (Å²) in [6.07, 6.45) is 0.